The van der Waals surface area contributed by atoms with Gasteiger partial charge in [0.2, 0.25) is 10.0 Å². The standard InChI is InChI=1S/C18H22N2O5S/c1-12-3-4-16(23-2)17(9-12)26(21,22)20-7-5-15-14(10-20)19-18(25-15)13-6-8-24-11-13/h3-4,9,13H,5-8,10-11H2,1-2H3. The molecular weight excluding hydrogens is 356 g/mol. The molecule has 2 aliphatic heterocycles. The number of benzene rings is 1. The third kappa shape index (κ3) is 3.02. The van der Waals surface area contributed by atoms with E-state index in [-0.39, 0.29) is 17.4 Å². The van der Waals surface area contributed by atoms with Crippen molar-refractivity contribution >= 4 is 10.0 Å². The Morgan fingerprint density at radius 3 is 2.92 bits per heavy atom. The SMILES string of the molecule is COc1ccc(C)cc1S(=O)(=O)N1CCc2oc(C3CCOC3)nc2C1. The van der Waals surface area contributed by atoms with E-state index in [4.69, 9.17) is 13.9 Å². The molecular formula is C18H22N2O5S. The molecule has 0 amide bonds. The molecule has 3 heterocycles. The Morgan fingerprint density at radius 2 is 2.19 bits per heavy atom. The Balaban J connectivity index is 1.63. The molecule has 26 heavy (non-hydrogen) atoms. The van der Waals surface area contributed by atoms with Crippen LogP contribution < -0.4 is 4.74 Å². The van der Waals surface area contributed by atoms with Crippen molar-refractivity contribution in [3.05, 3.63) is 41.1 Å². The van der Waals surface area contributed by atoms with Crippen LogP contribution in [0, 0.1) is 6.92 Å². The number of methoxy groups -OCH3 is 1. The van der Waals surface area contributed by atoms with Gasteiger partial charge in [-0.25, -0.2) is 13.4 Å². The number of hydrogen-bond acceptors (Lipinski definition) is 6. The molecule has 1 unspecified atom stereocenters. The van der Waals surface area contributed by atoms with Crippen molar-refractivity contribution in [3.8, 4) is 5.75 Å². The predicted octanol–water partition coefficient (Wildman–Crippen LogP) is 2.24. The number of aromatic nitrogens is 1. The van der Waals surface area contributed by atoms with E-state index in [9.17, 15) is 8.42 Å². The van der Waals surface area contributed by atoms with Crippen LogP contribution in [-0.4, -0.2) is 44.6 Å². The molecule has 8 heteroatoms. The summed E-state index contributed by atoms with van der Waals surface area (Å²) in [5, 5.41) is 0. The summed E-state index contributed by atoms with van der Waals surface area (Å²) in [6.45, 7) is 3.77. The van der Waals surface area contributed by atoms with E-state index in [1.165, 1.54) is 11.4 Å². The lowest BCUT2D eigenvalue weighted by Gasteiger charge is -2.25. The fourth-order valence-electron chi connectivity index (χ4n) is 3.43. The summed E-state index contributed by atoms with van der Waals surface area (Å²) in [4.78, 5) is 4.76. The van der Waals surface area contributed by atoms with Gasteiger partial charge in [0.25, 0.3) is 0 Å². The van der Waals surface area contributed by atoms with Crippen LogP contribution in [0.25, 0.3) is 0 Å². The maximum Gasteiger partial charge on any atom is 0.247 e. The quantitative estimate of drug-likeness (QED) is 0.812. The highest BCUT2D eigenvalue weighted by molar-refractivity contribution is 7.89. The van der Waals surface area contributed by atoms with Gasteiger partial charge in [0.1, 0.15) is 16.4 Å². The topological polar surface area (TPSA) is 81.9 Å². The average Bonchev–Trinajstić information content (AvgIpc) is 3.30. The summed E-state index contributed by atoms with van der Waals surface area (Å²) in [7, 11) is -2.20. The zero-order valence-electron chi connectivity index (χ0n) is 14.9. The maximum absolute atomic E-state index is 13.2. The van der Waals surface area contributed by atoms with E-state index in [0.29, 0.717) is 43.5 Å². The number of rotatable bonds is 4. The first kappa shape index (κ1) is 17.5. The van der Waals surface area contributed by atoms with Crippen molar-refractivity contribution < 1.29 is 22.3 Å². The molecule has 0 N–H and O–H groups in total. The smallest absolute Gasteiger partial charge is 0.247 e. The molecule has 0 aliphatic carbocycles. The zero-order chi connectivity index (χ0) is 18.3. The Labute approximate surface area is 153 Å². The van der Waals surface area contributed by atoms with Gasteiger partial charge in [-0.2, -0.15) is 4.31 Å². The van der Waals surface area contributed by atoms with Gasteiger partial charge in [-0.15, -0.1) is 0 Å². The molecule has 140 valence electrons. The molecule has 1 saturated heterocycles. The highest BCUT2D eigenvalue weighted by Crippen LogP contribution is 2.33. The van der Waals surface area contributed by atoms with E-state index in [2.05, 4.69) is 4.98 Å². The minimum Gasteiger partial charge on any atom is -0.495 e. The molecule has 2 aromatic rings. The Bertz CT molecular complexity index is 916. The fourth-order valence-corrected chi connectivity index (χ4v) is 5.07. The Hall–Kier alpha value is -1.90. The molecule has 1 aromatic carbocycles. The third-order valence-electron chi connectivity index (χ3n) is 4.93. The van der Waals surface area contributed by atoms with E-state index in [1.807, 2.05) is 13.0 Å². The molecule has 1 atom stereocenters. The maximum atomic E-state index is 13.2. The number of aryl methyl sites for hydroxylation is 1. The average molecular weight is 378 g/mol. The fraction of sp³-hybridized carbons (Fsp3) is 0.500. The van der Waals surface area contributed by atoms with Crippen molar-refractivity contribution in [2.45, 2.75) is 37.1 Å². The number of oxazole rings is 1. The van der Waals surface area contributed by atoms with Crippen LogP contribution in [0.3, 0.4) is 0 Å². The van der Waals surface area contributed by atoms with Gasteiger partial charge in [-0.1, -0.05) is 6.07 Å². The van der Waals surface area contributed by atoms with Gasteiger partial charge in [0.15, 0.2) is 5.89 Å². The second-order valence-electron chi connectivity index (χ2n) is 6.73. The lowest BCUT2D eigenvalue weighted by molar-refractivity contribution is 0.190. The van der Waals surface area contributed by atoms with Gasteiger partial charge < -0.3 is 13.9 Å². The Kier molecular flexibility index (Phi) is 4.50. The number of nitrogens with zero attached hydrogens (tertiary/aromatic N) is 2. The Morgan fingerprint density at radius 1 is 1.35 bits per heavy atom. The van der Waals surface area contributed by atoms with Crippen molar-refractivity contribution in [3.63, 3.8) is 0 Å². The normalized spacial score (nSPS) is 20.9. The summed E-state index contributed by atoms with van der Waals surface area (Å²) in [6.07, 6.45) is 1.41. The largest absolute Gasteiger partial charge is 0.495 e. The van der Waals surface area contributed by atoms with Crippen molar-refractivity contribution in [2.24, 2.45) is 0 Å². The highest BCUT2D eigenvalue weighted by atomic mass is 32.2. The monoisotopic (exact) mass is 378 g/mol. The molecule has 0 saturated carbocycles. The van der Waals surface area contributed by atoms with E-state index >= 15 is 0 Å². The summed E-state index contributed by atoms with van der Waals surface area (Å²) in [6, 6.07) is 5.17. The first-order valence-electron chi connectivity index (χ1n) is 8.70. The predicted molar refractivity (Wildman–Crippen MR) is 93.7 cm³/mol. The molecule has 1 fully saturated rings. The van der Waals surface area contributed by atoms with Gasteiger partial charge in [-0.3, -0.25) is 0 Å². The minimum absolute atomic E-state index is 0.169. The van der Waals surface area contributed by atoms with E-state index < -0.39 is 10.0 Å². The number of hydrogen-bond donors (Lipinski definition) is 0. The van der Waals surface area contributed by atoms with Crippen LogP contribution in [0.5, 0.6) is 5.75 Å². The number of sulfonamides is 1. The van der Waals surface area contributed by atoms with Crippen LogP contribution in [0.2, 0.25) is 0 Å². The number of ether oxygens (including phenoxy) is 2. The molecule has 2 aliphatic rings. The third-order valence-corrected chi connectivity index (χ3v) is 6.79. The summed E-state index contributed by atoms with van der Waals surface area (Å²) >= 11 is 0. The first-order chi connectivity index (χ1) is 12.5. The molecule has 4 rings (SSSR count). The van der Waals surface area contributed by atoms with Gasteiger partial charge in [0.05, 0.1) is 31.9 Å². The second-order valence-corrected chi connectivity index (χ2v) is 8.63. The van der Waals surface area contributed by atoms with Crippen molar-refractivity contribution in [2.75, 3.05) is 26.9 Å². The summed E-state index contributed by atoms with van der Waals surface area (Å²) in [5.41, 5.74) is 1.57. The van der Waals surface area contributed by atoms with Crippen LogP contribution in [0.15, 0.2) is 27.5 Å². The van der Waals surface area contributed by atoms with Crippen LogP contribution >= 0.6 is 0 Å². The zero-order valence-corrected chi connectivity index (χ0v) is 15.7. The second kappa shape index (κ2) is 6.68. The molecule has 1 aromatic heterocycles. The summed E-state index contributed by atoms with van der Waals surface area (Å²) in [5.74, 6) is 1.97. The minimum atomic E-state index is -3.68. The van der Waals surface area contributed by atoms with Crippen LogP contribution in [-0.2, 0) is 27.7 Å². The van der Waals surface area contributed by atoms with Crippen molar-refractivity contribution in [1.29, 1.82) is 0 Å². The van der Waals surface area contributed by atoms with Crippen LogP contribution in [0.1, 0.15) is 35.2 Å². The molecule has 7 nitrogen and oxygen atoms in total. The van der Waals surface area contributed by atoms with Gasteiger partial charge >= 0.3 is 0 Å². The lowest BCUT2D eigenvalue weighted by atomic mass is 10.1. The first-order valence-corrected chi connectivity index (χ1v) is 10.1. The lowest BCUT2D eigenvalue weighted by Crippen LogP contribution is -2.36. The van der Waals surface area contributed by atoms with E-state index in [0.717, 1.165) is 17.7 Å². The molecule has 0 bridgehead atoms. The van der Waals surface area contributed by atoms with Gasteiger partial charge in [0, 0.05) is 19.6 Å². The summed E-state index contributed by atoms with van der Waals surface area (Å²) < 4.78 is 44.3. The van der Waals surface area contributed by atoms with Crippen LogP contribution in [0.4, 0.5) is 0 Å². The van der Waals surface area contributed by atoms with E-state index in [1.54, 1.807) is 12.1 Å². The van der Waals surface area contributed by atoms with Crippen molar-refractivity contribution in [1.82, 2.24) is 9.29 Å². The van der Waals surface area contributed by atoms with Gasteiger partial charge in [-0.05, 0) is 31.0 Å². The highest BCUT2D eigenvalue weighted by Gasteiger charge is 2.34. The molecule has 0 spiro atoms. The molecule has 0 radical (unpaired) electrons. The number of fused-ring (bicyclic) bond motifs is 1.